The predicted molar refractivity (Wildman–Crippen MR) is 126 cm³/mol. The van der Waals surface area contributed by atoms with E-state index in [0.717, 1.165) is 6.42 Å². The van der Waals surface area contributed by atoms with Crippen molar-refractivity contribution in [1.82, 2.24) is 9.55 Å². The Hall–Kier alpha value is -3.38. The molecule has 0 unspecified atom stereocenters. The average molecular weight is 433 g/mol. The van der Waals surface area contributed by atoms with Crippen molar-refractivity contribution in [3.8, 4) is 11.5 Å². The summed E-state index contributed by atoms with van der Waals surface area (Å²) in [7, 11) is 3.12. The molecule has 1 aromatic heterocycles. The SMILES string of the molecule is COc1cc2[nH]c(=S)n(CCC(c3ccccc3)c3ccccc3)c(=O)c2cc1OC. The molecule has 0 fully saturated rings. The normalized spacial score (nSPS) is 11.1. The molecule has 0 bridgehead atoms. The molecule has 5 nitrogen and oxygen atoms in total. The van der Waals surface area contributed by atoms with Crippen molar-refractivity contribution in [2.75, 3.05) is 14.2 Å². The topological polar surface area (TPSA) is 56.2 Å². The first-order chi connectivity index (χ1) is 15.1. The van der Waals surface area contributed by atoms with Crippen molar-refractivity contribution in [3.63, 3.8) is 0 Å². The summed E-state index contributed by atoms with van der Waals surface area (Å²) in [6, 6.07) is 24.1. The Morgan fingerprint density at radius 3 is 2.00 bits per heavy atom. The van der Waals surface area contributed by atoms with Crippen molar-refractivity contribution in [3.05, 3.63) is 99.0 Å². The van der Waals surface area contributed by atoms with E-state index in [4.69, 9.17) is 21.7 Å². The highest BCUT2D eigenvalue weighted by Crippen LogP contribution is 2.31. The summed E-state index contributed by atoms with van der Waals surface area (Å²) < 4.78 is 12.7. The van der Waals surface area contributed by atoms with Gasteiger partial charge in [-0.1, -0.05) is 60.7 Å². The van der Waals surface area contributed by atoms with Crippen LogP contribution in [0.3, 0.4) is 0 Å². The fourth-order valence-electron chi connectivity index (χ4n) is 3.94. The zero-order valence-corrected chi connectivity index (χ0v) is 18.3. The smallest absolute Gasteiger partial charge is 0.262 e. The minimum atomic E-state index is -0.139. The van der Waals surface area contributed by atoms with Crippen molar-refractivity contribution in [1.29, 1.82) is 0 Å². The van der Waals surface area contributed by atoms with Gasteiger partial charge in [-0.25, -0.2) is 0 Å². The average Bonchev–Trinajstić information content (AvgIpc) is 2.81. The highest BCUT2D eigenvalue weighted by Gasteiger charge is 2.16. The lowest BCUT2D eigenvalue weighted by molar-refractivity contribution is 0.355. The third-order valence-electron chi connectivity index (χ3n) is 5.53. The molecule has 0 spiro atoms. The number of hydrogen-bond donors (Lipinski definition) is 1. The summed E-state index contributed by atoms with van der Waals surface area (Å²) in [4.78, 5) is 16.5. The Kier molecular flexibility index (Phi) is 6.18. The molecule has 0 saturated heterocycles. The van der Waals surface area contributed by atoms with Crippen molar-refractivity contribution in [2.45, 2.75) is 18.9 Å². The fourth-order valence-corrected chi connectivity index (χ4v) is 4.22. The third kappa shape index (κ3) is 4.25. The fraction of sp³-hybridized carbons (Fsp3) is 0.200. The quantitative estimate of drug-likeness (QED) is 0.403. The number of nitrogens with zero attached hydrogens (tertiary/aromatic N) is 1. The van der Waals surface area contributed by atoms with Gasteiger partial charge < -0.3 is 14.5 Å². The van der Waals surface area contributed by atoms with Crippen LogP contribution in [0.25, 0.3) is 10.9 Å². The van der Waals surface area contributed by atoms with Crippen LogP contribution in [-0.4, -0.2) is 23.8 Å². The molecule has 1 heterocycles. The Labute approximate surface area is 185 Å². The first-order valence-corrected chi connectivity index (χ1v) is 10.5. The van der Waals surface area contributed by atoms with Gasteiger partial charge in [0.1, 0.15) is 0 Å². The van der Waals surface area contributed by atoms with E-state index in [2.05, 4.69) is 29.2 Å². The second-order valence-electron chi connectivity index (χ2n) is 7.30. The summed E-state index contributed by atoms with van der Waals surface area (Å²) in [5.41, 5.74) is 2.92. The second-order valence-corrected chi connectivity index (χ2v) is 7.69. The number of ether oxygens (including phenoxy) is 2. The molecule has 4 aromatic rings. The first-order valence-electron chi connectivity index (χ1n) is 10.1. The number of hydrogen-bond acceptors (Lipinski definition) is 4. The van der Waals surface area contributed by atoms with Crippen LogP contribution in [0.2, 0.25) is 0 Å². The Bertz CT molecular complexity index is 1260. The minimum Gasteiger partial charge on any atom is -0.493 e. The highest BCUT2D eigenvalue weighted by atomic mass is 32.1. The molecule has 0 amide bonds. The molecule has 4 rings (SSSR count). The molecule has 3 aromatic carbocycles. The minimum absolute atomic E-state index is 0.139. The van der Waals surface area contributed by atoms with E-state index in [9.17, 15) is 4.79 Å². The van der Waals surface area contributed by atoms with Crippen LogP contribution in [0.5, 0.6) is 11.5 Å². The van der Waals surface area contributed by atoms with Crippen molar-refractivity contribution in [2.24, 2.45) is 0 Å². The summed E-state index contributed by atoms with van der Waals surface area (Å²) in [6.07, 6.45) is 0.740. The second kappa shape index (κ2) is 9.18. The van der Waals surface area contributed by atoms with E-state index in [0.29, 0.717) is 33.7 Å². The van der Waals surface area contributed by atoms with E-state index in [1.807, 2.05) is 36.4 Å². The van der Waals surface area contributed by atoms with Crippen molar-refractivity contribution < 1.29 is 9.47 Å². The highest BCUT2D eigenvalue weighted by molar-refractivity contribution is 7.71. The number of fused-ring (bicyclic) bond motifs is 1. The van der Waals surface area contributed by atoms with Crippen LogP contribution in [0, 0.1) is 4.77 Å². The zero-order chi connectivity index (χ0) is 21.8. The lowest BCUT2D eigenvalue weighted by atomic mass is 9.88. The Morgan fingerprint density at radius 2 is 1.45 bits per heavy atom. The molecule has 0 atom stereocenters. The molecule has 158 valence electrons. The van der Waals surface area contributed by atoms with Gasteiger partial charge in [0.2, 0.25) is 0 Å². The lowest BCUT2D eigenvalue weighted by Crippen LogP contribution is -2.23. The van der Waals surface area contributed by atoms with Gasteiger partial charge in [0, 0.05) is 18.5 Å². The van der Waals surface area contributed by atoms with Crippen molar-refractivity contribution >= 4 is 23.1 Å². The number of nitrogens with one attached hydrogen (secondary N) is 1. The van der Waals surface area contributed by atoms with Gasteiger partial charge in [-0.2, -0.15) is 0 Å². The van der Waals surface area contributed by atoms with E-state index in [1.54, 1.807) is 30.9 Å². The standard InChI is InChI=1S/C25H24N2O3S/c1-29-22-15-20-21(16-23(22)30-2)26-25(31)27(24(20)28)14-13-19(17-9-5-3-6-10-17)18-11-7-4-8-12-18/h3-12,15-16,19H,13-14H2,1-2H3,(H,26,31). The van der Waals surface area contributed by atoms with E-state index in [1.165, 1.54) is 11.1 Å². The maximum Gasteiger partial charge on any atom is 0.262 e. The van der Waals surface area contributed by atoms with Crippen LogP contribution in [0.15, 0.2) is 77.6 Å². The van der Waals surface area contributed by atoms with E-state index in [-0.39, 0.29) is 11.5 Å². The maximum absolute atomic E-state index is 13.3. The number of aromatic amines is 1. The first kappa shape index (κ1) is 20.9. The van der Waals surface area contributed by atoms with Gasteiger partial charge in [-0.15, -0.1) is 0 Å². The van der Waals surface area contributed by atoms with Crippen LogP contribution >= 0.6 is 12.2 Å². The molecule has 31 heavy (non-hydrogen) atoms. The lowest BCUT2D eigenvalue weighted by Gasteiger charge is -2.19. The molecular weight excluding hydrogens is 408 g/mol. The Balaban J connectivity index is 1.73. The third-order valence-corrected chi connectivity index (χ3v) is 5.85. The molecular formula is C25H24N2O3S. The summed E-state index contributed by atoms with van der Waals surface area (Å²) >= 11 is 5.53. The summed E-state index contributed by atoms with van der Waals surface area (Å²) in [6.45, 7) is 0.493. The largest absolute Gasteiger partial charge is 0.493 e. The molecule has 0 radical (unpaired) electrons. The molecule has 0 aliphatic rings. The molecule has 6 heteroatoms. The molecule has 0 aliphatic heterocycles. The van der Waals surface area contributed by atoms with Crippen LogP contribution in [0.4, 0.5) is 0 Å². The molecule has 0 saturated carbocycles. The number of methoxy groups -OCH3 is 2. The van der Waals surface area contributed by atoms with Gasteiger partial charge in [-0.3, -0.25) is 9.36 Å². The van der Waals surface area contributed by atoms with Crippen LogP contribution in [0.1, 0.15) is 23.5 Å². The number of rotatable bonds is 7. The van der Waals surface area contributed by atoms with E-state index >= 15 is 0 Å². The number of benzene rings is 3. The van der Waals surface area contributed by atoms with Crippen LogP contribution in [-0.2, 0) is 6.54 Å². The molecule has 0 aliphatic carbocycles. The zero-order valence-electron chi connectivity index (χ0n) is 17.5. The van der Waals surface area contributed by atoms with Gasteiger partial charge in [0.05, 0.1) is 25.1 Å². The molecule has 1 N–H and O–H groups in total. The summed E-state index contributed by atoms with van der Waals surface area (Å²) in [5, 5.41) is 0.516. The number of aromatic nitrogens is 2. The number of H-pyrrole nitrogens is 1. The van der Waals surface area contributed by atoms with Gasteiger partial charge in [0.15, 0.2) is 16.3 Å². The Morgan fingerprint density at radius 1 is 0.903 bits per heavy atom. The predicted octanol–water partition coefficient (Wildman–Crippen LogP) is 5.30. The summed E-state index contributed by atoms with van der Waals surface area (Å²) in [5.74, 6) is 1.21. The van der Waals surface area contributed by atoms with Gasteiger partial charge in [0.25, 0.3) is 5.56 Å². The monoisotopic (exact) mass is 432 g/mol. The van der Waals surface area contributed by atoms with E-state index < -0.39 is 0 Å². The maximum atomic E-state index is 13.3. The van der Waals surface area contributed by atoms with Crippen LogP contribution < -0.4 is 15.0 Å². The van der Waals surface area contributed by atoms with Gasteiger partial charge >= 0.3 is 0 Å². The van der Waals surface area contributed by atoms with Gasteiger partial charge in [-0.05, 0) is 35.8 Å².